The van der Waals surface area contributed by atoms with Gasteiger partial charge >= 0.3 is 0 Å². The second-order valence-corrected chi connectivity index (χ2v) is 5.21. The van der Waals surface area contributed by atoms with Crippen LogP contribution in [0, 0.1) is 5.92 Å². The van der Waals surface area contributed by atoms with Crippen molar-refractivity contribution in [3.8, 4) is 0 Å². The molecule has 1 nitrogen and oxygen atoms in total. The van der Waals surface area contributed by atoms with Crippen molar-refractivity contribution in [1.82, 2.24) is 5.32 Å². The summed E-state index contributed by atoms with van der Waals surface area (Å²) in [5.74, 6) is 0.816. The van der Waals surface area contributed by atoms with Gasteiger partial charge in [0.15, 0.2) is 0 Å². The molecule has 1 aliphatic rings. The second-order valence-electron chi connectivity index (χ2n) is 4.30. The average Bonchev–Trinajstić information content (AvgIpc) is 2.79. The molecule has 0 aromatic heterocycles. The van der Waals surface area contributed by atoms with Gasteiger partial charge < -0.3 is 5.32 Å². The summed E-state index contributed by atoms with van der Waals surface area (Å²) in [6.07, 6.45) is 1.31. The third kappa shape index (κ3) is 1.61. The summed E-state index contributed by atoms with van der Waals surface area (Å²) in [6.45, 7) is 3.43. The molecular formula is C12H16BrN. The summed E-state index contributed by atoms with van der Waals surface area (Å²) in [7, 11) is 2.03. The molecule has 0 radical (unpaired) electrons. The van der Waals surface area contributed by atoms with Crippen LogP contribution in [0.5, 0.6) is 0 Å². The van der Waals surface area contributed by atoms with E-state index in [9.17, 15) is 0 Å². The fourth-order valence-corrected chi connectivity index (χ4v) is 2.60. The van der Waals surface area contributed by atoms with Gasteiger partial charge in [0, 0.05) is 16.4 Å². The van der Waals surface area contributed by atoms with Crippen molar-refractivity contribution in [2.45, 2.75) is 18.8 Å². The van der Waals surface area contributed by atoms with Crippen molar-refractivity contribution in [2.75, 3.05) is 13.6 Å². The molecule has 0 amide bonds. The van der Waals surface area contributed by atoms with E-state index in [2.05, 4.69) is 52.4 Å². The van der Waals surface area contributed by atoms with E-state index < -0.39 is 0 Å². The standard InChI is InChI=1S/C12H16BrN/c1-9-7-12(9,8-14-2)10-3-5-11(13)6-4-10/h3-6,9,14H,7-8H2,1-2H3. The van der Waals surface area contributed by atoms with Gasteiger partial charge in [0.2, 0.25) is 0 Å². The predicted molar refractivity (Wildman–Crippen MR) is 63.5 cm³/mol. The summed E-state index contributed by atoms with van der Waals surface area (Å²) in [6, 6.07) is 8.76. The Labute approximate surface area is 94.0 Å². The number of hydrogen-bond acceptors (Lipinski definition) is 1. The van der Waals surface area contributed by atoms with Gasteiger partial charge in [-0.15, -0.1) is 0 Å². The first-order valence-corrected chi connectivity index (χ1v) is 5.89. The van der Waals surface area contributed by atoms with Gasteiger partial charge in [-0.2, -0.15) is 0 Å². The van der Waals surface area contributed by atoms with E-state index in [0.717, 1.165) is 16.9 Å². The maximum Gasteiger partial charge on any atom is 0.0175 e. The quantitative estimate of drug-likeness (QED) is 0.874. The molecule has 1 aromatic carbocycles. The Bertz CT molecular complexity index is 320. The minimum Gasteiger partial charge on any atom is -0.319 e. The second kappa shape index (κ2) is 3.67. The Hall–Kier alpha value is -0.340. The van der Waals surface area contributed by atoms with E-state index >= 15 is 0 Å². The number of nitrogens with one attached hydrogen (secondary N) is 1. The number of benzene rings is 1. The molecule has 2 heteroatoms. The van der Waals surface area contributed by atoms with E-state index in [0.29, 0.717) is 5.41 Å². The molecule has 2 atom stereocenters. The lowest BCUT2D eigenvalue weighted by atomic mass is 9.93. The maximum absolute atomic E-state index is 3.47. The van der Waals surface area contributed by atoms with Crippen molar-refractivity contribution in [3.63, 3.8) is 0 Å². The normalized spacial score (nSPS) is 30.4. The Balaban J connectivity index is 2.25. The molecule has 0 aliphatic heterocycles. The van der Waals surface area contributed by atoms with Crippen LogP contribution in [-0.4, -0.2) is 13.6 Å². The van der Waals surface area contributed by atoms with Crippen molar-refractivity contribution >= 4 is 15.9 Å². The number of hydrogen-bond donors (Lipinski definition) is 1. The van der Waals surface area contributed by atoms with Crippen molar-refractivity contribution in [2.24, 2.45) is 5.92 Å². The molecule has 1 saturated carbocycles. The molecule has 1 aromatic rings. The lowest BCUT2D eigenvalue weighted by Gasteiger charge is -2.16. The highest BCUT2D eigenvalue weighted by atomic mass is 79.9. The van der Waals surface area contributed by atoms with Gasteiger partial charge in [-0.1, -0.05) is 35.0 Å². The van der Waals surface area contributed by atoms with Crippen molar-refractivity contribution in [3.05, 3.63) is 34.3 Å². The molecule has 2 unspecified atom stereocenters. The minimum absolute atomic E-state index is 0.412. The monoisotopic (exact) mass is 253 g/mol. The van der Waals surface area contributed by atoms with Gasteiger partial charge in [-0.25, -0.2) is 0 Å². The van der Waals surface area contributed by atoms with E-state index in [1.807, 2.05) is 7.05 Å². The van der Waals surface area contributed by atoms with Crippen LogP contribution < -0.4 is 5.32 Å². The molecule has 0 saturated heterocycles. The van der Waals surface area contributed by atoms with Gasteiger partial charge in [0.25, 0.3) is 0 Å². The highest BCUT2D eigenvalue weighted by molar-refractivity contribution is 9.10. The molecule has 1 aliphatic carbocycles. The highest BCUT2D eigenvalue weighted by Gasteiger charge is 2.51. The molecular weight excluding hydrogens is 238 g/mol. The Morgan fingerprint density at radius 1 is 1.43 bits per heavy atom. The van der Waals surface area contributed by atoms with E-state index in [-0.39, 0.29) is 0 Å². The van der Waals surface area contributed by atoms with Crippen LogP contribution in [0.2, 0.25) is 0 Å². The first kappa shape index (κ1) is 10.2. The topological polar surface area (TPSA) is 12.0 Å². The summed E-state index contributed by atoms with van der Waals surface area (Å²) >= 11 is 3.47. The summed E-state index contributed by atoms with van der Waals surface area (Å²) < 4.78 is 1.16. The molecule has 1 N–H and O–H groups in total. The Kier molecular flexibility index (Phi) is 2.67. The van der Waals surface area contributed by atoms with Gasteiger partial charge in [0.1, 0.15) is 0 Å². The van der Waals surface area contributed by atoms with Crippen molar-refractivity contribution < 1.29 is 0 Å². The van der Waals surface area contributed by atoms with Gasteiger partial charge in [0.05, 0.1) is 0 Å². The van der Waals surface area contributed by atoms with E-state index in [1.165, 1.54) is 12.0 Å². The number of likely N-dealkylation sites (N-methyl/N-ethyl adjacent to an activating group) is 1. The van der Waals surface area contributed by atoms with Gasteiger partial charge in [-0.3, -0.25) is 0 Å². The largest absolute Gasteiger partial charge is 0.319 e. The third-order valence-corrected chi connectivity index (χ3v) is 3.89. The lowest BCUT2D eigenvalue weighted by Crippen LogP contribution is -2.25. The van der Waals surface area contributed by atoms with Crippen LogP contribution in [0.15, 0.2) is 28.7 Å². The molecule has 0 bridgehead atoms. The highest BCUT2D eigenvalue weighted by Crippen LogP contribution is 2.53. The number of halogens is 1. The Morgan fingerprint density at radius 2 is 2.00 bits per heavy atom. The maximum atomic E-state index is 3.47. The van der Waals surface area contributed by atoms with Crippen LogP contribution in [0.25, 0.3) is 0 Å². The third-order valence-electron chi connectivity index (χ3n) is 3.36. The molecule has 0 heterocycles. The molecule has 0 spiro atoms. The van der Waals surface area contributed by atoms with Crippen LogP contribution in [0.1, 0.15) is 18.9 Å². The van der Waals surface area contributed by atoms with Gasteiger partial charge in [-0.05, 0) is 37.1 Å². The van der Waals surface area contributed by atoms with Crippen LogP contribution in [-0.2, 0) is 5.41 Å². The predicted octanol–water partition coefficient (Wildman–Crippen LogP) is 2.95. The number of rotatable bonds is 3. The lowest BCUT2D eigenvalue weighted by molar-refractivity contribution is 0.581. The molecule has 1 fully saturated rings. The Morgan fingerprint density at radius 3 is 2.43 bits per heavy atom. The minimum atomic E-state index is 0.412. The SMILES string of the molecule is CNCC1(c2ccc(Br)cc2)CC1C. The average molecular weight is 254 g/mol. The smallest absolute Gasteiger partial charge is 0.0175 e. The van der Waals surface area contributed by atoms with Crippen LogP contribution in [0.4, 0.5) is 0 Å². The van der Waals surface area contributed by atoms with E-state index in [1.54, 1.807) is 0 Å². The van der Waals surface area contributed by atoms with Crippen molar-refractivity contribution in [1.29, 1.82) is 0 Å². The summed E-state index contributed by atoms with van der Waals surface area (Å²) in [4.78, 5) is 0. The molecule has 2 rings (SSSR count). The van der Waals surface area contributed by atoms with E-state index in [4.69, 9.17) is 0 Å². The zero-order valence-corrected chi connectivity index (χ0v) is 10.3. The first-order chi connectivity index (χ1) is 6.69. The molecule has 76 valence electrons. The zero-order chi connectivity index (χ0) is 10.2. The fraction of sp³-hybridized carbons (Fsp3) is 0.500. The zero-order valence-electron chi connectivity index (χ0n) is 8.68. The fourth-order valence-electron chi connectivity index (χ4n) is 2.34. The van der Waals surface area contributed by atoms with Crippen LogP contribution >= 0.6 is 15.9 Å². The summed E-state index contributed by atoms with van der Waals surface area (Å²) in [5, 5.41) is 3.30. The van der Waals surface area contributed by atoms with Crippen LogP contribution in [0.3, 0.4) is 0 Å². The first-order valence-electron chi connectivity index (χ1n) is 5.10. The molecule has 14 heavy (non-hydrogen) atoms. The summed E-state index contributed by atoms with van der Waals surface area (Å²) in [5.41, 5.74) is 1.89.